The first-order valence-electron chi connectivity index (χ1n) is 5.32. The molecule has 1 rings (SSSR count). The van der Waals surface area contributed by atoms with Gasteiger partial charge < -0.3 is 10.6 Å². The van der Waals surface area contributed by atoms with Gasteiger partial charge in [-0.05, 0) is 26.7 Å². The van der Waals surface area contributed by atoms with Crippen LogP contribution in [-0.2, 0) is 4.79 Å². The van der Waals surface area contributed by atoms with Gasteiger partial charge >= 0.3 is 0 Å². The molecule has 0 aromatic heterocycles. The average Bonchev–Trinajstić information content (AvgIpc) is 2.29. The second kappa shape index (κ2) is 5.81. The zero-order valence-corrected chi connectivity index (χ0v) is 9.10. The van der Waals surface area contributed by atoms with E-state index in [1.807, 2.05) is 0 Å². The van der Waals surface area contributed by atoms with Crippen LogP contribution in [0.3, 0.4) is 0 Å². The SMILES string of the molecule is CC(C)=CCNC1CCCNC(=O)C1. The van der Waals surface area contributed by atoms with Crippen LogP contribution in [0.15, 0.2) is 11.6 Å². The Morgan fingerprint density at radius 3 is 3.14 bits per heavy atom. The van der Waals surface area contributed by atoms with Gasteiger partial charge in [0, 0.05) is 25.6 Å². The molecule has 0 bridgehead atoms. The van der Waals surface area contributed by atoms with Crippen molar-refractivity contribution in [1.82, 2.24) is 10.6 Å². The smallest absolute Gasteiger partial charge is 0.221 e. The van der Waals surface area contributed by atoms with E-state index in [4.69, 9.17) is 0 Å². The highest BCUT2D eigenvalue weighted by Gasteiger charge is 2.15. The van der Waals surface area contributed by atoms with Crippen LogP contribution in [0.25, 0.3) is 0 Å². The number of hydrogen-bond donors (Lipinski definition) is 2. The van der Waals surface area contributed by atoms with Crippen molar-refractivity contribution in [2.45, 2.75) is 39.2 Å². The monoisotopic (exact) mass is 196 g/mol. The van der Waals surface area contributed by atoms with E-state index in [1.54, 1.807) is 0 Å². The fourth-order valence-electron chi connectivity index (χ4n) is 1.58. The minimum atomic E-state index is 0.178. The normalized spacial score (nSPS) is 22.4. The molecule has 80 valence electrons. The molecule has 0 aromatic rings. The molecule has 3 nitrogen and oxygen atoms in total. The van der Waals surface area contributed by atoms with Crippen LogP contribution in [0.1, 0.15) is 33.1 Å². The van der Waals surface area contributed by atoms with E-state index in [9.17, 15) is 4.79 Å². The molecular weight excluding hydrogens is 176 g/mol. The highest BCUT2D eigenvalue weighted by Crippen LogP contribution is 2.05. The van der Waals surface area contributed by atoms with Crippen molar-refractivity contribution < 1.29 is 4.79 Å². The fourth-order valence-corrected chi connectivity index (χ4v) is 1.58. The van der Waals surface area contributed by atoms with Gasteiger partial charge in [-0.1, -0.05) is 11.6 Å². The lowest BCUT2D eigenvalue weighted by Gasteiger charge is -2.13. The van der Waals surface area contributed by atoms with Crippen molar-refractivity contribution in [3.8, 4) is 0 Å². The number of amides is 1. The van der Waals surface area contributed by atoms with E-state index in [0.29, 0.717) is 12.5 Å². The van der Waals surface area contributed by atoms with Crippen molar-refractivity contribution in [1.29, 1.82) is 0 Å². The van der Waals surface area contributed by atoms with E-state index in [2.05, 4.69) is 30.6 Å². The van der Waals surface area contributed by atoms with Crippen LogP contribution in [0.4, 0.5) is 0 Å². The van der Waals surface area contributed by atoms with Crippen LogP contribution in [0, 0.1) is 0 Å². The first-order valence-corrected chi connectivity index (χ1v) is 5.32. The number of rotatable bonds is 3. The summed E-state index contributed by atoms with van der Waals surface area (Å²) < 4.78 is 0. The molecule has 2 N–H and O–H groups in total. The second-order valence-electron chi connectivity index (χ2n) is 4.08. The number of carbonyl (C=O) groups excluding carboxylic acids is 1. The standard InChI is InChI=1S/C11H20N2O/c1-9(2)5-7-12-10-4-3-6-13-11(14)8-10/h5,10,12H,3-4,6-8H2,1-2H3,(H,13,14). The average molecular weight is 196 g/mol. The first-order chi connectivity index (χ1) is 6.68. The van der Waals surface area contributed by atoms with Crippen LogP contribution >= 0.6 is 0 Å². The van der Waals surface area contributed by atoms with Gasteiger partial charge in [-0.3, -0.25) is 4.79 Å². The summed E-state index contributed by atoms with van der Waals surface area (Å²) in [6, 6.07) is 0.355. The molecular formula is C11H20N2O. The van der Waals surface area contributed by atoms with Gasteiger partial charge in [0.15, 0.2) is 0 Å². The molecule has 1 heterocycles. The summed E-state index contributed by atoms with van der Waals surface area (Å²) in [5, 5.41) is 6.27. The topological polar surface area (TPSA) is 41.1 Å². The van der Waals surface area contributed by atoms with Gasteiger partial charge in [-0.15, -0.1) is 0 Å². The van der Waals surface area contributed by atoms with Crippen LogP contribution < -0.4 is 10.6 Å². The fraction of sp³-hybridized carbons (Fsp3) is 0.727. The van der Waals surface area contributed by atoms with Gasteiger partial charge in [0.2, 0.25) is 5.91 Å². The molecule has 14 heavy (non-hydrogen) atoms. The minimum Gasteiger partial charge on any atom is -0.356 e. The molecule has 3 heteroatoms. The minimum absolute atomic E-state index is 0.178. The van der Waals surface area contributed by atoms with E-state index in [-0.39, 0.29) is 5.91 Å². The molecule has 0 saturated carbocycles. The lowest BCUT2D eigenvalue weighted by Crippen LogP contribution is -2.32. The molecule has 1 aliphatic heterocycles. The number of allylic oxidation sites excluding steroid dienone is 1. The summed E-state index contributed by atoms with van der Waals surface area (Å²) in [7, 11) is 0. The quantitative estimate of drug-likeness (QED) is 0.666. The summed E-state index contributed by atoms with van der Waals surface area (Å²) in [6.07, 6.45) is 4.95. The van der Waals surface area contributed by atoms with E-state index < -0.39 is 0 Å². The summed E-state index contributed by atoms with van der Waals surface area (Å²) in [4.78, 5) is 11.2. The zero-order chi connectivity index (χ0) is 10.4. The Morgan fingerprint density at radius 2 is 2.43 bits per heavy atom. The van der Waals surface area contributed by atoms with Gasteiger partial charge in [0.05, 0.1) is 0 Å². The Kier molecular flexibility index (Phi) is 4.66. The predicted octanol–water partition coefficient (Wildman–Crippen LogP) is 1.21. The van der Waals surface area contributed by atoms with E-state index in [0.717, 1.165) is 25.9 Å². The van der Waals surface area contributed by atoms with Crippen molar-refractivity contribution >= 4 is 5.91 Å². The van der Waals surface area contributed by atoms with Crippen molar-refractivity contribution in [2.75, 3.05) is 13.1 Å². The summed E-state index contributed by atoms with van der Waals surface area (Å²) >= 11 is 0. The van der Waals surface area contributed by atoms with Gasteiger partial charge in [0.1, 0.15) is 0 Å². The maximum atomic E-state index is 11.2. The lowest BCUT2D eigenvalue weighted by atomic mass is 10.1. The third-order valence-electron chi connectivity index (χ3n) is 2.40. The Hall–Kier alpha value is -0.830. The second-order valence-corrected chi connectivity index (χ2v) is 4.08. The predicted molar refractivity (Wildman–Crippen MR) is 58.1 cm³/mol. The number of carbonyl (C=O) groups is 1. The Morgan fingerprint density at radius 1 is 1.64 bits per heavy atom. The molecule has 0 aromatic carbocycles. The third-order valence-corrected chi connectivity index (χ3v) is 2.40. The maximum absolute atomic E-state index is 11.2. The van der Waals surface area contributed by atoms with Crippen LogP contribution in [0.2, 0.25) is 0 Å². The Bertz CT molecular complexity index is 219. The van der Waals surface area contributed by atoms with E-state index in [1.165, 1.54) is 5.57 Å². The Labute approximate surface area is 86.0 Å². The highest BCUT2D eigenvalue weighted by atomic mass is 16.1. The molecule has 1 saturated heterocycles. The summed E-state index contributed by atoms with van der Waals surface area (Å²) in [6.45, 7) is 5.88. The molecule has 1 aliphatic rings. The Balaban J connectivity index is 2.28. The molecule has 1 atom stereocenters. The van der Waals surface area contributed by atoms with Gasteiger partial charge in [-0.25, -0.2) is 0 Å². The molecule has 0 radical (unpaired) electrons. The van der Waals surface area contributed by atoms with Crippen molar-refractivity contribution in [3.05, 3.63) is 11.6 Å². The molecule has 0 spiro atoms. The number of hydrogen-bond acceptors (Lipinski definition) is 2. The lowest BCUT2D eigenvalue weighted by molar-refractivity contribution is -0.121. The largest absolute Gasteiger partial charge is 0.356 e. The molecule has 1 fully saturated rings. The summed E-state index contributed by atoms with van der Waals surface area (Å²) in [5.74, 6) is 0.178. The van der Waals surface area contributed by atoms with Gasteiger partial charge in [0.25, 0.3) is 0 Å². The molecule has 0 aliphatic carbocycles. The van der Waals surface area contributed by atoms with Crippen molar-refractivity contribution in [2.24, 2.45) is 0 Å². The first kappa shape index (κ1) is 11.2. The van der Waals surface area contributed by atoms with Crippen molar-refractivity contribution in [3.63, 3.8) is 0 Å². The van der Waals surface area contributed by atoms with Gasteiger partial charge in [-0.2, -0.15) is 0 Å². The number of nitrogens with one attached hydrogen (secondary N) is 2. The van der Waals surface area contributed by atoms with Crippen LogP contribution in [0.5, 0.6) is 0 Å². The summed E-state index contributed by atoms with van der Waals surface area (Å²) in [5.41, 5.74) is 1.32. The zero-order valence-electron chi connectivity index (χ0n) is 9.10. The third kappa shape index (κ3) is 4.42. The molecule has 1 amide bonds. The van der Waals surface area contributed by atoms with E-state index >= 15 is 0 Å². The molecule has 1 unspecified atom stereocenters. The van der Waals surface area contributed by atoms with Crippen LogP contribution in [-0.4, -0.2) is 25.0 Å². The maximum Gasteiger partial charge on any atom is 0.221 e. The highest BCUT2D eigenvalue weighted by molar-refractivity contribution is 5.76.